The summed E-state index contributed by atoms with van der Waals surface area (Å²) in [6.45, 7) is 2.21. The fraction of sp³-hybridized carbons (Fsp3) is 0.267. The van der Waals surface area contributed by atoms with Gasteiger partial charge in [-0.1, -0.05) is 25.5 Å². The second-order valence-corrected chi connectivity index (χ2v) is 5.28. The lowest BCUT2D eigenvalue weighted by Gasteiger charge is -1.98. The van der Waals surface area contributed by atoms with E-state index in [1.165, 1.54) is 23.3 Å². The highest BCUT2D eigenvalue weighted by atomic mass is 32.1. The van der Waals surface area contributed by atoms with Crippen molar-refractivity contribution in [1.82, 2.24) is 4.98 Å². The minimum absolute atomic E-state index is 0.761. The Labute approximate surface area is 110 Å². The van der Waals surface area contributed by atoms with Crippen LogP contribution in [-0.4, -0.2) is 4.98 Å². The van der Waals surface area contributed by atoms with Crippen molar-refractivity contribution in [3.63, 3.8) is 0 Å². The number of aromatic nitrogens is 1. The monoisotopic (exact) mass is 257 g/mol. The first-order chi connectivity index (χ1) is 8.88. The third-order valence-corrected chi connectivity index (χ3v) is 3.98. The number of benzene rings is 1. The number of aryl methyl sites for hydroxylation is 1. The van der Waals surface area contributed by atoms with Gasteiger partial charge in [-0.25, -0.2) is 4.98 Å². The van der Waals surface area contributed by atoms with E-state index in [1.54, 1.807) is 11.3 Å². The lowest BCUT2D eigenvalue weighted by Crippen LogP contribution is -1.84. The van der Waals surface area contributed by atoms with Crippen LogP contribution in [0.25, 0.3) is 21.9 Å². The van der Waals surface area contributed by atoms with Gasteiger partial charge in [-0.2, -0.15) is 0 Å². The van der Waals surface area contributed by atoms with Gasteiger partial charge in [0.05, 0.1) is 4.88 Å². The molecule has 0 spiro atoms. The van der Waals surface area contributed by atoms with Crippen molar-refractivity contribution in [1.29, 1.82) is 0 Å². The maximum absolute atomic E-state index is 5.83. The Kier molecular flexibility index (Phi) is 3.15. The number of unbranched alkanes of at least 4 members (excludes halogenated alkanes) is 1. The topological polar surface area (TPSA) is 26.0 Å². The van der Waals surface area contributed by atoms with Gasteiger partial charge >= 0.3 is 0 Å². The summed E-state index contributed by atoms with van der Waals surface area (Å²) in [6, 6.07) is 10.1. The largest absolute Gasteiger partial charge is 0.435 e. The zero-order valence-electron chi connectivity index (χ0n) is 10.3. The average molecular weight is 257 g/mol. The Hall–Kier alpha value is -1.61. The molecule has 2 heterocycles. The van der Waals surface area contributed by atoms with Gasteiger partial charge in [-0.3, -0.25) is 0 Å². The Balaban J connectivity index is 2.01. The normalized spacial score (nSPS) is 11.2. The molecule has 1 aromatic carbocycles. The standard InChI is InChI=1S/C15H15NOS/c1-2-3-6-11-9-10-18-14(11)15-16-12-7-4-5-8-13(12)17-15/h4-5,7-10H,2-3,6H2,1H3. The maximum Gasteiger partial charge on any atom is 0.237 e. The summed E-state index contributed by atoms with van der Waals surface area (Å²) >= 11 is 1.71. The first-order valence-corrected chi connectivity index (χ1v) is 7.18. The molecule has 3 aromatic rings. The van der Waals surface area contributed by atoms with Crippen LogP contribution in [0.5, 0.6) is 0 Å². The Bertz CT molecular complexity index is 620. The number of oxazole rings is 1. The summed E-state index contributed by atoms with van der Waals surface area (Å²) in [6.07, 6.45) is 3.53. The van der Waals surface area contributed by atoms with Crippen LogP contribution in [0, 0.1) is 0 Å². The minimum atomic E-state index is 0.761. The van der Waals surface area contributed by atoms with E-state index in [0.29, 0.717) is 0 Å². The molecule has 3 rings (SSSR count). The highest BCUT2D eigenvalue weighted by molar-refractivity contribution is 7.13. The Morgan fingerprint density at radius 3 is 2.94 bits per heavy atom. The summed E-state index contributed by atoms with van der Waals surface area (Å²) in [5.41, 5.74) is 3.15. The van der Waals surface area contributed by atoms with E-state index in [0.717, 1.165) is 23.4 Å². The summed E-state index contributed by atoms with van der Waals surface area (Å²) in [7, 11) is 0. The summed E-state index contributed by atoms with van der Waals surface area (Å²) in [5, 5.41) is 2.12. The van der Waals surface area contributed by atoms with Crippen LogP contribution >= 0.6 is 11.3 Å². The molecule has 3 heteroatoms. The number of rotatable bonds is 4. The lowest BCUT2D eigenvalue weighted by atomic mass is 10.1. The SMILES string of the molecule is CCCCc1ccsc1-c1nc2ccccc2o1. The zero-order valence-corrected chi connectivity index (χ0v) is 11.2. The molecule has 2 nitrogen and oxygen atoms in total. The van der Waals surface area contributed by atoms with Crippen LogP contribution < -0.4 is 0 Å². The quantitative estimate of drug-likeness (QED) is 0.664. The first-order valence-electron chi connectivity index (χ1n) is 6.31. The van der Waals surface area contributed by atoms with Crippen LogP contribution in [0.15, 0.2) is 40.1 Å². The fourth-order valence-electron chi connectivity index (χ4n) is 2.06. The summed E-state index contributed by atoms with van der Waals surface area (Å²) in [4.78, 5) is 5.75. The molecule has 0 aliphatic carbocycles. The highest BCUT2D eigenvalue weighted by Crippen LogP contribution is 2.32. The third kappa shape index (κ3) is 2.06. The van der Waals surface area contributed by atoms with Crippen LogP contribution in [0.4, 0.5) is 0 Å². The van der Waals surface area contributed by atoms with Crippen molar-refractivity contribution in [2.75, 3.05) is 0 Å². The van der Waals surface area contributed by atoms with E-state index in [4.69, 9.17) is 4.42 Å². The second-order valence-electron chi connectivity index (χ2n) is 4.37. The lowest BCUT2D eigenvalue weighted by molar-refractivity contribution is 0.620. The minimum Gasteiger partial charge on any atom is -0.435 e. The predicted molar refractivity (Wildman–Crippen MR) is 75.9 cm³/mol. The molecule has 92 valence electrons. The van der Waals surface area contributed by atoms with Crippen LogP contribution in [0.2, 0.25) is 0 Å². The molecule has 0 unspecified atom stereocenters. The number of fused-ring (bicyclic) bond motifs is 1. The molecular formula is C15H15NOS. The number of hydrogen-bond donors (Lipinski definition) is 0. The number of para-hydroxylation sites is 2. The molecule has 0 aliphatic heterocycles. The Morgan fingerprint density at radius 2 is 2.11 bits per heavy atom. The molecule has 0 atom stereocenters. The van der Waals surface area contributed by atoms with E-state index in [2.05, 4.69) is 23.4 Å². The second kappa shape index (κ2) is 4.94. The van der Waals surface area contributed by atoms with Gasteiger partial charge < -0.3 is 4.42 Å². The van der Waals surface area contributed by atoms with Gasteiger partial charge in [0.1, 0.15) is 5.52 Å². The van der Waals surface area contributed by atoms with Crippen LogP contribution in [0.3, 0.4) is 0 Å². The van der Waals surface area contributed by atoms with Gasteiger partial charge in [0.15, 0.2) is 5.58 Å². The van der Waals surface area contributed by atoms with Gasteiger partial charge in [0, 0.05) is 0 Å². The molecule has 2 aromatic heterocycles. The van der Waals surface area contributed by atoms with Gasteiger partial charge in [-0.05, 0) is 42.0 Å². The summed E-state index contributed by atoms with van der Waals surface area (Å²) in [5.74, 6) is 0.761. The van der Waals surface area contributed by atoms with Crippen molar-refractivity contribution in [3.8, 4) is 10.8 Å². The van der Waals surface area contributed by atoms with Gasteiger partial charge in [0.2, 0.25) is 5.89 Å². The molecule has 0 saturated heterocycles. The fourth-order valence-corrected chi connectivity index (χ4v) is 2.93. The summed E-state index contributed by atoms with van der Waals surface area (Å²) < 4.78 is 5.83. The van der Waals surface area contributed by atoms with Crippen molar-refractivity contribution in [2.24, 2.45) is 0 Å². The number of thiophene rings is 1. The molecular weight excluding hydrogens is 242 g/mol. The van der Waals surface area contributed by atoms with E-state index < -0.39 is 0 Å². The predicted octanol–water partition coefficient (Wildman–Crippen LogP) is 4.90. The maximum atomic E-state index is 5.83. The van der Waals surface area contributed by atoms with E-state index in [9.17, 15) is 0 Å². The number of nitrogens with zero attached hydrogens (tertiary/aromatic N) is 1. The average Bonchev–Trinajstić information content (AvgIpc) is 3.01. The van der Waals surface area contributed by atoms with E-state index >= 15 is 0 Å². The van der Waals surface area contributed by atoms with Crippen LogP contribution in [0.1, 0.15) is 25.3 Å². The molecule has 18 heavy (non-hydrogen) atoms. The third-order valence-electron chi connectivity index (χ3n) is 3.03. The highest BCUT2D eigenvalue weighted by Gasteiger charge is 2.13. The van der Waals surface area contributed by atoms with E-state index in [-0.39, 0.29) is 0 Å². The van der Waals surface area contributed by atoms with Gasteiger partial charge in [0.25, 0.3) is 0 Å². The molecule has 0 radical (unpaired) electrons. The molecule has 0 aliphatic rings. The number of hydrogen-bond acceptors (Lipinski definition) is 3. The molecule has 0 fully saturated rings. The van der Waals surface area contributed by atoms with Crippen molar-refractivity contribution < 1.29 is 4.42 Å². The molecule has 0 N–H and O–H groups in total. The molecule has 0 saturated carbocycles. The molecule has 0 bridgehead atoms. The first kappa shape index (κ1) is 11.5. The molecule has 0 amide bonds. The zero-order chi connectivity index (χ0) is 12.4. The van der Waals surface area contributed by atoms with Crippen molar-refractivity contribution in [2.45, 2.75) is 26.2 Å². The van der Waals surface area contributed by atoms with E-state index in [1.807, 2.05) is 24.3 Å². The van der Waals surface area contributed by atoms with Crippen molar-refractivity contribution >= 4 is 22.4 Å². The Morgan fingerprint density at radius 1 is 1.22 bits per heavy atom. The van der Waals surface area contributed by atoms with Crippen LogP contribution in [-0.2, 0) is 6.42 Å². The van der Waals surface area contributed by atoms with Gasteiger partial charge in [-0.15, -0.1) is 11.3 Å². The smallest absolute Gasteiger partial charge is 0.237 e. The van der Waals surface area contributed by atoms with Crippen molar-refractivity contribution in [3.05, 3.63) is 41.3 Å².